The first-order valence-electron chi connectivity index (χ1n) is 8.62. The Hall–Kier alpha value is -3.06. The largest absolute Gasteiger partial charge is 0.451 e. The molecule has 0 bridgehead atoms. The molecule has 144 valence electrons. The van der Waals surface area contributed by atoms with E-state index in [9.17, 15) is 14.0 Å². The van der Waals surface area contributed by atoms with Gasteiger partial charge in [0.1, 0.15) is 15.7 Å². The van der Waals surface area contributed by atoms with E-state index in [4.69, 9.17) is 4.74 Å². The molecule has 0 saturated carbocycles. The zero-order valence-corrected chi connectivity index (χ0v) is 16.3. The third kappa shape index (κ3) is 4.80. The van der Waals surface area contributed by atoms with E-state index in [1.54, 1.807) is 26.1 Å². The fraction of sp³-hybridized carbons (Fsp3) is 0.190. The molecule has 0 unspecified atom stereocenters. The standard InChI is InChI=1S/C21H19FN2O3S/c1-14-19(28-20(23-14)16-8-10-17(22)11-9-16)21(26)27-13-18(25)24(2)12-15-6-4-3-5-7-15/h3-11H,12-13H2,1-2H3. The molecule has 28 heavy (non-hydrogen) atoms. The van der Waals surface area contributed by atoms with E-state index in [1.807, 2.05) is 30.3 Å². The van der Waals surface area contributed by atoms with Crippen LogP contribution in [0.2, 0.25) is 0 Å². The number of benzene rings is 2. The van der Waals surface area contributed by atoms with E-state index < -0.39 is 5.97 Å². The van der Waals surface area contributed by atoms with E-state index >= 15 is 0 Å². The fourth-order valence-electron chi connectivity index (χ4n) is 2.55. The first kappa shape index (κ1) is 19.7. The zero-order valence-electron chi connectivity index (χ0n) is 15.5. The van der Waals surface area contributed by atoms with Crippen LogP contribution in [0.15, 0.2) is 54.6 Å². The molecule has 1 heterocycles. The molecule has 1 aromatic heterocycles. The van der Waals surface area contributed by atoms with Crippen molar-refractivity contribution in [3.63, 3.8) is 0 Å². The highest BCUT2D eigenvalue weighted by Gasteiger charge is 2.19. The van der Waals surface area contributed by atoms with E-state index in [0.717, 1.165) is 16.9 Å². The number of amides is 1. The van der Waals surface area contributed by atoms with Crippen molar-refractivity contribution in [2.75, 3.05) is 13.7 Å². The van der Waals surface area contributed by atoms with Gasteiger partial charge in [0.2, 0.25) is 0 Å². The number of aromatic nitrogens is 1. The lowest BCUT2D eigenvalue weighted by Crippen LogP contribution is -2.30. The first-order chi connectivity index (χ1) is 13.4. The molecule has 0 aliphatic heterocycles. The number of rotatable bonds is 6. The van der Waals surface area contributed by atoms with Crippen LogP contribution in [0.25, 0.3) is 10.6 Å². The zero-order chi connectivity index (χ0) is 20.1. The number of esters is 1. The average Bonchev–Trinajstić information content (AvgIpc) is 3.09. The van der Waals surface area contributed by atoms with Crippen molar-refractivity contribution in [3.8, 4) is 10.6 Å². The Morgan fingerprint density at radius 3 is 2.46 bits per heavy atom. The van der Waals surface area contributed by atoms with E-state index in [0.29, 0.717) is 27.7 Å². The van der Waals surface area contributed by atoms with Gasteiger partial charge >= 0.3 is 5.97 Å². The van der Waals surface area contributed by atoms with Crippen LogP contribution in [0, 0.1) is 12.7 Å². The van der Waals surface area contributed by atoms with Gasteiger partial charge in [0.05, 0.1) is 5.69 Å². The van der Waals surface area contributed by atoms with Crippen molar-refractivity contribution in [3.05, 3.63) is 76.5 Å². The van der Waals surface area contributed by atoms with Crippen LogP contribution in [0.4, 0.5) is 4.39 Å². The summed E-state index contributed by atoms with van der Waals surface area (Å²) in [5, 5.41) is 0.594. The number of carbonyl (C=O) groups excluding carboxylic acids is 2. The topological polar surface area (TPSA) is 59.5 Å². The summed E-state index contributed by atoms with van der Waals surface area (Å²) in [6.07, 6.45) is 0. The Kier molecular flexibility index (Phi) is 6.16. The maximum atomic E-state index is 13.1. The van der Waals surface area contributed by atoms with Crippen molar-refractivity contribution < 1.29 is 18.7 Å². The van der Waals surface area contributed by atoms with Gasteiger partial charge in [-0.1, -0.05) is 30.3 Å². The van der Waals surface area contributed by atoms with Crippen LogP contribution in [-0.2, 0) is 16.1 Å². The summed E-state index contributed by atoms with van der Waals surface area (Å²) in [6, 6.07) is 15.4. The van der Waals surface area contributed by atoms with Gasteiger partial charge in [-0.2, -0.15) is 0 Å². The Morgan fingerprint density at radius 1 is 1.11 bits per heavy atom. The SMILES string of the molecule is Cc1nc(-c2ccc(F)cc2)sc1C(=O)OCC(=O)N(C)Cc1ccccc1. The number of aryl methyl sites for hydroxylation is 1. The highest BCUT2D eigenvalue weighted by atomic mass is 32.1. The van der Waals surface area contributed by atoms with E-state index in [1.165, 1.54) is 17.0 Å². The lowest BCUT2D eigenvalue weighted by Gasteiger charge is -2.17. The predicted molar refractivity (Wildman–Crippen MR) is 105 cm³/mol. The number of nitrogens with zero attached hydrogens (tertiary/aromatic N) is 2. The van der Waals surface area contributed by atoms with E-state index in [2.05, 4.69) is 4.98 Å². The van der Waals surface area contributed by atoms with Gasteiger partial charge in [0.25, 0.3) is 5.91 Å². The molecule has 0 radical (unpaired) electrons. The summed E-state index contributed by atoms with van der Waals surface area (Å²) >= 11 is 1.16. The van der Waals surface area contributed by atoms with Crippen LogP contribution < -0.4 is 0 Å². The summed E-state index contributed by atoms with van der Waals surface area (Å²) in [5.74, 6) is -1.22. The van der Waals surface area contributed by atoms with Crippen molar-refractivity contribution in [2.24, 2.45) is 0 Å². The summed E-state index contributed by atoms with van der Waals surface area (Å²) in [4.78, 5) is 30.8. The molecule has 7 heteroatoms. The maximum absolute atomic E-state index is 13.1. The Labute approximate surface area is 166 Å². The van der Waals surface area contributed by atoms with Crippen LogP contribution in [0.3, 0.4) is 0 Å². The molecular formula is C21H19FN2O3S. The normalized spacial score (nSPS) is 10.5. The summed E-state index contributed by atoms with van der Waals surface area (Å²) < 4.78 is 18.2. The van der Waals surface area contributed by atoms with E-state index in [-0.39, 0.29) is 18.3 Å². The van der Waals surface area contributed by atoms with Crippen molar-refractivity contribution >= 4 is 23.2 Å². The number of carbonyl (C=O) groups is 2. The van der Waals surface area contributed by atoms with Crippen molar-refractivity contribution in [2.45, 2.75) is 13.5 Å². The van der Waals surface area contributed by atoms with Crippen LogP contribution in [0.1, 0.15) is 20.9 Å². The minimum atomic E-state index is -0.593. The summed E-state index contributed by atoms with van der Waals surface area (Å²) in [6.45, 7) is 1.79. The molecule has 3 aromatic rings. The molecule has 3 rings (SSSR count). The van der Waals surface area contributed by atoms with Crippen molar-refractivity contribution in [1.29, 1.82) is 0 Å². The third-order valence-electron chi connectivity index (χ3n) is 4.09. The summed E-state index contributed by atoms with van der Waals surface area (Å²) in [5.41, 5.74) is 2.22. The van der Waals surface area contributed by atoms with Gasteiger partial charge in [0.15, 0.2) is 6.61 Å². The second-order valence-electron chi connectivity index (χ2n) is 6.25. The lowest BCUT2D eigenvalue weighted by molar-refractivity contribution is -0.133. The van der Waals surface area contributed by atoms with Crippen LogP contribution >= 0.6 is 11.3 Å². The van der Waals surface area contributed by atoms with Crippen LogP contribution in [0.5, 0.6) is 0 Å². The maximum Gasteiger partial charge on any atom is 0.350 e. The highest BCUT2D eigenvalue weighted by Crippen LogP contribution is 2.28. The molecule has 0 fully saturated rings. The quantitative estimate of drug-likeness (QED) is 0.587. The number of halogens is 1. The number of ether oxygens (including phenoxy) is 1. The summed E-state index contributed by atoms with van der Waals surface area (Å²) in [7, 11) is 1.66. The smallest absolute Gasteiger partial charge is 0.350 e. The monoisotopic (exact) mass is 398 g/mol. The minimum absolute atomic E-state index is 0.293. The molecule has 0 aliphatic rings. The second kappa shape index (κ2) is 8.75. The fourth-order valence-corrected chi connectivity index (χ4v) is 3.52. The Morgan fingerprint density at radius 2 is 1.79 bits per heavy atom. The average molecular weight is 398 g/mol. The molecule has 2 aromatic carbocycles. The molecular weight excluding hydrogens is 379 g/mol. The number of hydrogen-bond donors (Lipinski definition) is 0. The van der Waals surface area contributed by atoms with Gasteiger partial charge < -0.3 is 9.64 Å². The third-order valence-corrected chi connectivity index (χ3v) is 5.27. The van der Waals surface area contributed by atoms with Gasteiger partial charge in [0, 0.05) is 19.2 Å². The first-order valence-corrected chi connectivity index (χ1v) is 9.44. The molecule has 0 saturated heterocycles. The lowest BCUT2D eigenvalue weighted by atomic mass is 10.2. The van der Waals surface area contributed by atoms with Crippen molar-refractivity contribution in [1.82, 2.24) is 9.88 Å². The molecule has 0 spiro atoms. The number of hydrogen-bond acceptors (Lipinski definition) is 5. The van der Waals surface area contributed by atoms with Gasteiger partial charge in [-0.05, 0) is 36.8 Å². The molecule has 0 N–H and O–H groups in total. The highest BCUT2D eigenvalue weighted by molar-refractivity contribution is 7.17. The Balaban J connectivity index is 1.60. The van der Waals surface area contributed by atoms with Gasteiger partial charge in [-0.3, -0.25) is 4.79 Å². The molecule has 5 nitrogen and oxygen atoms in total. The van der Waals surface area contributed by atoms with Gasteiger partial charge in [-0.15, -0.1) is 11.3 Å². The minimum Gasteiger partial charge on any atom is -0.451 e. The van der Waals surface area contributed by atoms with Crippen LogP contribution in [-0.4, -0.2) is 35.4 Å². The second-order valence-corrected chi connectivity index (χ2v) is 7.25. The number of thiazole rings is 1. The molecule has 0 aliphatic carbocycles. The molecule has 1 amide bonds. The predicted octanol–water partition coefficient (Wildman–Crippen LogP) is 4.07. The molecule has 0 atom stereocenters. The Bertz CT molecular complexity index is 971. The number of likely N-dealkylation sites (N-methyl/N-ethyl adjacent to an activating group) is 1. The van der Waals surface area contributed by atoms with Gasteiger partial charge in [-0.25, -0.2) is 14.2 Å².